The number of methoxy groups -OCH3 is 1. The lowest BCUT2D eigenvalue weighted by Gasteiger charge is -2.22. The fourth-order valence-electron chi connectivity index (χ4n) is 3.62. The lowest BCUT2D eigenvalue weighted by Crippen LogP contribution is -2.28. The molecule has 0 fully saturated rings. The Morgan fingerprint density at radius 1 is 1.15 bits per heavy atom. The Morgan fingerprint density at radius 2 is 1.85 bits per heavy atom. The molecular formula is C25H20N6O2S. The summed E-state index contributed by atoms with van der Waals surface area (Å²) in [5, 5.41) is 25.0. The van der Waals surface area contributed by atoms with Crippen LogP contribution in [0.5, 0.6) is 5.75 Å². The van der Waals surface area contributed by atoms with Gasteiger partial charge in [0.05, 0.1) is 35.7 Å². The molecule has 0 bridgehead atoms. The van der Waals surface area contributed by atoms with Gasteiger partial charge < -0.3 is 10.5 Å². The first-order chi connectivity index (χ1) is 16.5. The monoisotopic (exact) mass is 468 g/mol. The maximum Gasteiger partial charge on any atom is 0.253 e. The summed E-state index contributed by atoms with van der Waals surface area (Å²) >= 11 is 1.10. The summed E-state index contributed by atoms with van der Waals surface area (Å²) in [6.45, 7) is 0. The van der Waals surface area contributed by atoms with Gasteiger partial charge in [-0.05, 0) is 29.3 Å². The van der Waals surface area contributed by atoms with Crippen LogP contribution in [0.1, 0.15) is 34.7 Å². The molecular weight excluding hydrogens is 448 g/mol. The molecule has 0 saturated heterocycles. The van der Waals surface area contributed by atoms with Crippen molar-refractivity contribution in [1.82, 2.24) is 9.99 Å². The number of amides is 1. The molecule has 4 rings (SSSR count). The first-order valence-corrected chi connectivity index (χ1v) is 11.3. The van der Waals surface area contributed by atoms with Gasteiger partial charge in [-0.2, -0.15) is 15.6 Å². The number of hydrogen-bond acceptors (Lipinski definition) is 8. The van der Waals surface area contributed by atoms with Crippen LogP contribution in [0.3, 0.4) is 0 Å². The third-order valence-electron chi connectivity index (χ3n) is 5.36. The quantitative estimate of drug-likeness (QED) is 0.544. The predicted octanol–water partition coefficient (Wildman–Crippen LogP) is 3.89. The van der Waals surface area contributed by atoms with Crippen molar-refractivity contribution in [2.24, 2.45) is 5.10 Å². The number of carbonyl (C=O) groups excluding carboxylic acids is 1. The zero-order valence-electron chi connectivity index (χ0n) is 18.3. The summed E-state index contributed by atoms with van der Waals surface area (Å²) < 4.78 is 5.26. The van der Waals surface area contributed by atoms with Gasteiger partial charge in [0.2, 0.25) is 0 Å². The fourth-order valence-corrected chi connectivity index (χ4v) is 4.43. The molecule has 0 spiro atoms. The highest BCUT2D eigenvalue weighted by atomic mass is 32.2. The normalized spacial score (nSPS) is 14.7. The lowest BCUT2D eigenvalue weighted by atomic mass is 9.98. The molecule has 0 saturated carbocycles. The minimum atomic E-state index is -0.274. The summed E-state index contributed by atoms with van der Waals surface area (Å²) in [7, 11) is 1.60. The standard InChI is InChI=1S/C25H20N6O2S/c1-33-20-9-7-17(8-10-20)22-12-21(16-5-3-2-4-6-16)30-31(22)23(32)15-34-25-19(14-27)11-18(13-26)24(28)29-25/h2-11,22H,12,15H2,1H3,(H2,28,29)/t22-/m0/s1. The number of thioether (sulfide) groups is 1. The van der Waals surface area contributed by atoms with Crippen LogP contribution in [0.25, 0.3) is 0 Å². The molecule has 0 unspecified atom stereocenters. The molecule has 2 aromatic carbocycles. The van der Waals surface area contributed by atoms with E-state index in [1.165, 1.54) is 11.1 Å². The van der Waals surface area contributed by atoms with Crippen molar-refractivity contribution in [2.75, 3.05) is 18.6 Å². The predicted molar refractivity (Wildman–Crippen MR) is 129 cm³/mol. The highest BCUT2D eigenvalue weighted by molar-refractivity contribution is 8.00. The van der Waals surface area contributed by atoms with E-state index in [2.05, 4.69) is 10.1 Å². The minimum absolute atomic E-state index is 0.00520. The van der Waals surface area contributed by atoms with Crippen molar-refractivity contribution < 1.29 is 9.53 Å². The average molecular weight is 469 g/mol. The number of anilines is 1. The van der Waals surface area contributed by atoms with Gasteiger partial charge in [0.25, 0.3) is 5.91 Å². The van der Waals surface area contributed by atoms with Crippen LogP contribution in [-0.4, -0.2) is 34.5 Å². The van der Waals surface area contributed by atoms with E-state index in [9.17, 15) is 10.1 Å². The fraction of sp³-hybridized carbons (Fsp3) is 0.160. The highest BCUT2D eigenvalue weighted by Gasteiger charge is 2.33. The van der Waals surface area contributed by atoms with Crippen molar-refractivity contribution in [3.63, 3.8) is 0 Å². The lowest BCUT2D eigenvalue weighted by molar-refractivity contribution is -0.130. The van der Waals surface area contributed by atoms with Gasteiger partial charge in [0.1, 0.15) is 28.7 Å². The summed E-state index contributed by atoms with van der Waals surface area (Å²) in [5.41, 5.74) is 8.84. The molecule has 2 heterocycles. The van der Waals surface area contributed by atoms with Crippen LogP contribution in [-0.2, 0) is 4.79 Å². The number of carbonyl (C=O) groups is 1. The molecule has 1 aliphatic rings. The van der Waals surface area contributed by atoms with Crippen molar-refractivity contribution in [1.29, 1.82) is 10.5 Å². The Balaban J connectivity index is 1.60. The topological polar surface area (TPSA) is 128 Å². The van der Waals surface area contributed by atoms with Crippen LogP contribution in [0, 0.1) is 22.7 Å². The van der Waals surface area contributed by atoms with Crippen LogP contribution in [0.4, 0.5) is 5.82 Å². The van der Waals surface area contributed by atoms with Gasteiger partial charge in [0, 0.05) is 6.42 Å². The number of nitrogens with two attached hydrogens (primary N) is 1. The third-order valence-corrected chi connectivity index (χ3v) is 6.34. The number of nitrogen functional groups attached to an aromatic ring is 1. The molecule has 0 radical (unpaired) electrons. The van der Waals surface area contributed by atoms with E-state index in [1.807, 2.05) is 66.7 Å². The number of aromatic nitrogens is 1. The Bertz CT molecular complexity index is 1330. The van der Waals surface area contributed by atoms with Crippen LogP contribution >= 0.6 is 11.8 Å². The van der Waals surface area contributed by atoms with Crippen LogP contribution < -0.4 is 10.5 Å². The average Bonchev–Trinajstić information content (AvgIpc) is 3.33. The first-order valence-electron chi connectivity index (χ1n) is 10.4. The van der Waals surface area contributed by atoms with E-state index in [1.54, 1.807) is 7.11 Å². The van der Waals surface area contributed by atoms with Gasteiger partial charge in [-0.25, -0.2) is 9.99 Å². The molecule has 0 aliphatic carbocycles. The van der Waals surface area contributed by atoms with E-state index in [0.717, 1.165) is 34.3 Å². The Hall–Kier alpha value is -4.34. The Kier molecular flexibility index (Phi) is 6.77. The number of hydrogen-bond donors (Lipinski definition) is 1. The Labute approximate surface area is 201 Å². The van der Waals surface area contributed by atoms with Crippen molar-refractivity contribution in [3.05, 3.63) is 82.9 Å². The molecule has 9 heteroatoms. The number of hydrazone groups is 1. The largest absolute Gasteiger partial charge is 0.497 e. The molecule has 1 atom stereocenters. The summed E-state index contributed by atoms with van der Waals surface area (Å²) in [5.74, 6) is 0.530. The van der Waals surface area contributed by atoms with Gasteiger partial charge in [0.15, 0.2) is 0 Å². The molecule has 1 aromatic heterocycles. The van der Waals surface area contributed by atoms with Crippen molar-refractivity contribution in [3.8, 4) is 17.9 Å². The third kappa shape index (κ3) is 4.70. The number of pyridine rings is 1. The van der Waals surface area contributed by atoms with E-state index in [0.29, 0.717) is 11.4 Å². The molecule has 168 valence electrons. The molecule has 1 aliphatic heterocycles. The zero-order valence-corrected chi connectivity index (χ0v) is 19.1. The maximum atomic E-state index is 13.3. The van der Waals surface area contributed by atoms with Gasteiger partial charge in [-0.1, -0.05) is 54.2 Å². The van der Waals surface area contributed by atoms with Gasteiger partial charge >= 0.3 is 0 Å². The molecule has 8 nitrogen and oxygen atoms in total. The van der Waals surface area contributed by atoms with E-state index in [-0.39, 0.29) is 34.6 Å². The number of nitriles is 2. The van der Waals surface area contributed by atoms with Gasteiger partial charge in [-0.3, -0.25) is 4.79 Å². The smallest absolute Gasteiger partial charge is 0.253 e. The summed E-state index contributed by atoms with van der Waals surface area (Å²) in [6.07, 6.45) is 0.568. The SMILES string of the molecule is COc1ccc([C@@H]2CC(c3ccccc3)=NN2C(=O)CSc2nc(N)c(C#N)cc2C#N)cc1. The molecule has 1 amide bonds. The summed E-state index contributed by atoms with van der Waals surface area (Å²) in [6, 6.07) is 22.3. The van der Waals surface area contributed by atoms with Crippen LogP contribution in [0.2, 0.25) is 0 Å². The van der Waals surface area contributed by atoms with Crippen LogP contribution in [0.15, 0.2) is 70.8 Å². The molecule has 34 heavy (non-hydrogen) atoms. The number of benzene rings is 2. The van der Waals surface area contributed by atoms with Crippen molar-refractivity contribution >= 4 is 29.2 Å². The summed E-state index contributed by atoms with van der Waals surface area (Å²) in [4.78, 5) is 17.4. The number of ether oxygens (including phenoxy) is 1. The van der Waals surface area contributed by atoms with Gasteiger partial charge in [-0.15, -0.1) is 0 Å². The zero-order chi connectivity index (χ0) is 24.1. The Morgan fingerprint density at radius 3 is 2.50 bits per heavy atom. The highest BCUT2D eigenvalue weighted by Crippen LogP contribution is 2.34. The van der Waals surface area contributed by atoms with E-state index in [4.69, 9.17) is 15.7 Å². The maximum absolute atomic E-state index is 13.3. The second-order valence-electron chi connectivity index (χ2n) is 7.43. The minimum Gasteiger partial charge on any atom is -0.497 e. The second-order valence-corrected chi connectivity index (χ2v) is 8.39. The first kappa shape index (κ1) is 22.8. The second kappa shape index (κ2) is 10.1. The van der Waals surface area contributed by atoms with E-state index >= 15 is 0 Å². The molecule has 3 aromatic rings. The van der Waals surface area contributed by atoms with E-state index < -0.39 is 0 Å². The molecule has 2 N–H and O–H groups in total. The number of rotatable bonds is 6. The van der Waals surface area contributed by atoms with Crippen molar-refractivity contribution in [2.45, 2.75) is 17.5 Å². The number of nitrogens with zero attached hydrogens (tertiary/aromatic N) is 5.